The molecule has 8 heteroatoms. The van der Waals surface area contributed by atoms with Crippen LogP contribution >= 0.6 is 0 Å². The maximum Gasteiger partial charge on any atom is 0.323 e. The molecule has 0 bridgehead atoms. The van der Waals surface area contributed by atoms with Crippen LogP contribution in [0.15, 0.2) is 47.4 Å². The second-order valence-electron chi connectivity index (χ2n) is 5.49. The first kappa shape index (κ1) is 19.6. The SMILES string of the molecule is CCCS(=O)(=O)c1ccc(NC(=O)Nc2cc(OC)ccc2OC)cc1. The number of anilines is 2. The third-order valence-corrected chi connectivity index (χ3v) is 5.54. The lowest BCUT2D eigenvalue weighted by molar-refractivity contribution is 0.262. The molecule has 2 aromatic rings. The van der Waals surface area contributed by atoms with Gasteiger partial charge in [-0.3, -0.25) is 0 Å². The van der Waals surface area contributed by atoms with Crippen LogP contribution in [-0.2, 0) is 9.84 Å². The minimum absolute atomic E-state index is 0.0932. The van der Waals surface area contributed by atoms with Crippen molar-refractivity contribution in [3.63, 3.8) is 0 Å². The Kier molecular flexibility index (Phi) is 6.46. The van der Waals surface area contributed by atoms with E-state index in [0.717, 1.165) is 0 Å². The molecule has 2 amide bonds. The Labute approximate surface area is 153 Å². The van der Waals surface area contributed by atoms with Crippen molar-refractivity contribution < 1.29 is 22.7 Å². The molecular formula is C18H22N2O5S. The van der Waals surface area contributed by atoms with Gasteiger partial charge in [0.1, 0.15) is 11.5 Å². The number of sulfone groups is 1. The fourth-order valence-electron chi connectivity index (χ4n) is 2.33. The van der Waals surface area contributed by atoms with Gasteiger partial charge in [-0.1, -0.05) is 6.92 Å². The number of nitrogens with one attached hydrogen (secondary N) is 2. The van der Waals surface area contributed by atoms with Crippen molar-refractivity contribution in [2.45, 2.75) is 18.2 Å². The van der Waals surface area contributed by atoms with Gasteiger partial charge in [0.25, 0.3) is 0 Å². The van der Waals surface area contributed by atoms with E-state index in [1.54, 1.807) is 30.3 Å². The number of hydrogen-bond donors (Lipinski definition) is 2. The molecule has 0 atom stereocenters. The van der Waals surface area contributed by atoms with Crippen LogP contribution < -0.4 is 20.1 Å². The zero-order valence-corrected chi connectivity index (χ0v) is 15.7. The quantitative estimate of drug-likeness (QED) is 0.769. The molecule has 0 saturated heterocycles. The number of hydrogen-bond acceptors (Lipinski definition) is 5. The van der Waals surface area contributed by atoms with E-state index in [2.05, 4.69) is 10.6 Å². The molecule has 0 aliphatic rings. The van der Waals surface area contributed by atoms with Crippen LogP contribution in [-0.4, -0.2) is 34.4 Å². The van der Waals surface area contributed by atoms with E-state index in [9.17, 15) is 13.2 Å². The summed E-state index contributed by atoms with van der Waals surface area (Å²) in [5, 5.41) is 5.33. The van der Waals surface area contributed by atoms with Gasteiger partial charge in [-0.25, -0.2) is 13.2 Å². The number of rotatable bonds is 7. The Morgan fingerprint density at radius 3 is 2.27 bits per heavy atom. The molecule has 2 aromatic carbocycles. The van der Waals surface area contributed by atoms with E-state index in [0.29, 0.717) is 29.3 Å². The summed E-state index contributed by atoms with van der Waals surface area (Å²) in [6.45, 7) is 1.81. The lowest BCUT2D eigenvalue weighted by Crippen LogP contribution is -2.20. The molecule has 0 aromatic heterocycles. The summed E-state index contributed by atoms with van der Waals surface area (Å²) >= 11 is 0. The first-order valence-electron chi connectivity index (χ1n) is 8.02. The highest BCUT2D eigenvalue weighted by atomic mass is 32.2. The molecule has 0 saturated carbocycles. The molecule has 140 valence electrons. The van der Waals surface area contributed by atoms with E-state index >= 15 is 0 Å². The van der Waals surface area contributed by atoms with Crippen LogP contribution in [0, 0.1) is 0 Å². The molecular weight excluding hydrogens is 356 g/mol. The molecule has 0 heterocycles. The van der Waals surface area contributed by atoms with E-state index in [1.807, 2.05) is 6.92 Å². The summed E-state index contributed by atoms with van der Waals surface area (Å²) in [4.78, 5) is 12.4. The Morgan fingerprint density at radius 2 is 1.69 bits per heavy atom. The molecule has 0 aliphatic carbocycles. The smallest absolute Gasteiger partial charge is 0.323 e. The molecule has 0 fully saturated rings. The summed E-state index contributed by atoms with van der Waals surface area (Å²) in [5.74, 6) is 1.16. The molecule has 0 aliphatic heterocycles. The maximum atomic E-state index is 12.2. The number of benzene rings is 2. The van der Waals surface area contributed by atoms with Gasteiger partial charge in [0.05, 0.1) is 30.6 Å². The van der Waals surface area contributed by atoms with Crippen molar-refractivity contribution in [2.24, 2.45) is 0 Å². The topological polar surface area (TPSA) is 93.7 Å². The number of carbonyl (C=O) groups is 1. The number of carbonyl (C=O) groups excluding carboxylic acids is 1. The predicted octanol–water partition coefficient (Wildman–Crippen LogP) is 3.53. The van der Waals surface area contributed by atoms with Crippen LogP contribution in [0.3, 0.4) is 0 Å². The number of ether oxygens (including phenoxy) is 2. The van der Waals surface area contributed by atoms with E-state index in [-0.39, 0.29) is 10.6 Å². The second-order valence-corrected chi connectivity index (χ2v) is 7.60. The third kappa shape index (κ3) is 4.89. The monoisotopic (exact) mass is 378 g/mol. The maximum absolute atomic E-state index is 12.2. The average Bonchev–Trinajstić information content (AvgIpc) is 2.62. The van der Waals surface area contributed by atoms with Gasteiger partial charge in [0.2, 0.25) is 0 Å². The molecule has 0 spiro atoms. The van der Waals surface area contributed by atoms with Crippen molar-refractivity contribution in [3.8, 4) is 11.5 Å². The normalized spacial score (nSPS) is 10.9. The largest absolute Gasteiger partial charge is 0.497 e. The summed E-state index contributed by atoms with van der Waals surface area (Å²) in [5.41, 5.74) is 0.923. The highest BCUT2D eigenvalue weighted by Crippen LogP contribution is 2.29. The Bertz CT molecular complexity index is 864. The minimum atomic E-state index is -3.28. The highest BCUT2D eigenvalue weighted by molar-refractivity contribution is 7.91. The lowest BCUT2D eigenvalue weighted by atomic mass is 10.2. The molecule has 2 N–H and O–H groups in total. The Hall–Kier alpha value is -2.74. The van der Waals surface area contributed by atoms with Crippen molar-refractivity contribution >= 4 is 27.2 Å². The van der Waals surface area contributed by atoms with Crippen LogP contribution in [0.1, 0.15) is 13.3 Å². The van der Waals surface area contributed by atoms with Gasteiger partial charge in [-0.05, 0) is 42.8 Å². The van der Waals surface area contributed by atoms with Gasteiger partial charge in [0.15, 0.2) is 9.84 Å². The fraction of sp³-hybridized carbons (Fsp3) is 0.278. The zero-order chi connectivity index (χ0) is 19.2. The van der Waals surface area contributed by atoms with Crippen molar-refractivity contribution in [1.29, 1.82) is 0 Å². The van der Waals surface area contributed by atoms with Gasteiger partial charge >= 0.3 is 6.03 Å². The lowest BCUT2D eigenvalue weighted by Gasteiger charge is -2.12. The average molecular weight is 378 g/mol. The predicted molar refractivity (Wildman–Crippen MR) is 101 cm³/mol. The highest BCUT2D eigenvalue weighted by Gasteiger charge is 2.13. The van der Waals surface area contributed by atoms with Gasteiger partial charge < -0.3 is 20.1 Å². The van der Waals surface area contributed by atoms with E-state index < -0.39 is 15.9 Å². The Balaban J connectivity index is 2.09. The van der Waals surface area contributed by atoms with Gasteiger partial charge in [-0.2, -0.15) is 0 Å². The van der Waals surface area contributed by atoms with Crippen molar-refractivity contribution in [3.05, 3.63) is 42.5 Å². The molecule has 0 radical (unpaired) electrons. The van der Waals surface area contributed by atoms with Crippen LogP contribution in [0.2, 0.25) is 0 Å². The summed E-state index contributed by atoms with van der Waals surface area (Å²) in [6.07, 6.45) is 0.549. The third-order valence-electron chi connectivity index (χ3n) is 3.60. The first-order chi connectivity index (χ1) is 12.4. The standard InChI is InChI=1S/C18H22N2O5S/c1-4-11-26(22,23)15-8-5-13(6-9-15)19-18(21)20-16-12-14(24-2)7-10-17(16)25-3/h5-10,12H,4,11H2,1-3H3,(H2,19,20,21). The van der Waals surface area contributed by atoms with Gasteiger partial charge in [-0.15, -0.1) is 0 Å². The van der Waals surface area contributed by atoms with Crippen LogP contribution in [0.4, 0.5) is 16.2 Å². The molecule has 26 heavy (non-hydrogen) atoms. The van der Waals surface area contributed by atoms with Crippen LogP contribution in [0.25, 0.3) is 0 Å². The first-order valence-corrected chi connectivity index (χ1v) is 9.67. The van der Waals surface area contributed by atoms with E-state index in [4.69, 9.17) is 9.47 Å². The van der Waals surface area contributed by atoms with Gasteiger partial charge in [0, 0.05) is 11.8 Å². The van der Waals surface area contributed by atoms with E-state index in [1.165, 1.54) is 26.4 Å². The molecule has 0 unspecified atom stereocenters. The fourth-order valence-corrected chi connectivity index (χ4v) is 3.65. The Morgan fingerprint density at radius 1 is 1.00 bits per heavy atom. The van der Waals surface area contributed by atoms with Crippen molar-refractivity contribution in [1.82, 2.24) is 0 Å². The number of amides is 2. The second kappa shape index (κ2) is 8.57. The van der Waals surface area contributed by atoms with Crippen LogP contribution in [0.5, 0.6) is 11.5 Å². The minimum Gasteiger partial charge on any atom is -0.497 e. The number of urea groups is 1. The molecule has 2 rings (SSSR count). The summed E-state index contributed by atoms with van der Waals surface area (Å²) < 4.78 is 34.4. The van der Waals surface area contributed by atoms with Crippen molar-refractivity contribution in [2.75, 3.05) is 30.6 Å². The zero-order valence-electron chi connectivity index (χ0n) is 14.9. The molecule has 7 nitrogen and oxygen atoms in total. The summed E-state index contributed by atoms with van der Waals surface area (Å²) in [7, 11) is -0.252. The number of methoxy groups -OCH3 is 2. The summed E-state index contributed by atoms with van der Waals surface area (Å²) in [6, 6.07) is 10.6.